The number of hydrogen-bond acceptors (Lipinski definition) is 2. The highest BCUT2D eigenvalue weighted by Crippen LogP contribution is 2.10. The highest BCUT2D eigenvalue weighted by atomic mass is 16.1. The van der Waals surface area contributed by atoms with E-state index in [9.17, 15) is 4.79 Å². The second-order valence-electron chi connectivity index (χ2n) is 4.79. The van der Waals surface area contributed by atoms with Crippen molar-refractivity contribution in [2.24, 2.45) is 0 Å². The highest BCUT2D eigenvalue weighted by Gasteiger charge is 2.09. The van der Waals surface area contributed by atoms with Crippen LogP contribution in [0.1, 0.15) is 28.1 Å². The summed E-state index contributed by atoms with van der Waals surface area (Å²) in [6.45, 7) is 6.45. The molecule has 1 aromatic carbocycles. The van der Waals surface area contributed by atoms with E-state index in [2.05, 4.69) is 15.5 Å². The molecule has 0 aliphatic rings. The van der Waals surface area contributed by atoms with Crippen molar-refractivity contribution in [2.45, 2.75) is 33.7 Å². The van der Waals surface area contributed by atoms with E-state index in [4.69, 9.17) is 0 Å². The Morgan fingerprint density at radius 2 is 2.00 bits per heavy atom. The number of benzene rings is 1. The lowest BCUT2D eigenvalue weighted by Gasteiger charge is -2.07. The molecule has 1 heterocycles. The number of amides is 1. The number of nitrogens with zero attached hydrogens (tertiary/aromatic N) is 1. The third-order valence-corrected chi connectivity index (χ3v) is 3.36. The van der Waals surface area contributed by atoms with Gasteiger partial charge in [0.15, 0.2) is 0 Å². The quantitative estimate of drug-likeness (QED) is 0.882. The Labute approximate surface area is 113 Å². The summed E-state index contributed by atoms with van der Waals surface area (Å²) in [6.07, 6.45) is 0.419. The summed E-state index contributed by atoms with van der Waals surface area (Å²) in [5, 5.41) is 9.98. The van der Waals surface area contributed by atoms with Crippen LogP contribution in [-0.2, 0) is 17.8 Å². The van der Waals surface area contributed by atoms with E-state index in [0.29, 0.717) is 13.0 Å². The molecule has 0 spiro atoms. The first-order chi connectivity index (χ1) is 9.08. The number of rotatable bonds is 4. The molecule has 0 bridgehead atoms. The molecule has 4 nitrogen and oxygen atoms in total. The van der Waals surface area contributed by atoms with Crippen LogP contribution in [0, 0.1) is 20.8 Å². The molecule has 0 saturated heterocycles. The number of aryl methyl sites for hydroxylation is 3. The fraction of sp³-hybridized carbons (Fsp3) is 0.333. The SMILES string of the molecule is Cc1ccccc1CC(=O)NCc1c(C)n[nH]c1C. The molecule has 1 aromatic heterocycles. The Morgan fingerprint density at radius 3 is 2.63 bits per heavy atom. The molecule has 2 rings (SSSR count). The number of H-pyrrole nitrogens is 1. The molecule has 0 aliphatic carbocycles. The smallest absolute Gasteiger partial charge is 0.224 e. The maximum Gasteiger partial charge on any atom is 0.224 e. The minimum absolute atomic E-state index is 0.0364. The Kier molecular flexibility index (Phi) is 4.00. The number of carbonyl (C=O) groups excluding carboxylic acids is 1. The van der Waals surface area contributed by atoms with E-state index in [-0.39, 0.29) is 5.91 Å². The molecule has 0 atom stereocenters. The molecule has 1 amide bonds. The number of nitrogens with one attached hydrogen (secondary N) is 2. The van der Waals surface area contributed by atoms with Gasteiger partial charge in [-0.05, 0) is 31.9 Å². The Hall–Kier alpha value is -2.10. The zero-order chi connectivity index (χ0) is 13.8. The second kappa shape index (κ2) is 5.69. The predicted octanol–water partition coefficient (Wildman–Crippen LogP) is 2.19. The van der Waals surface area contributed by atoms with Crippen LogP contribution in [0.15, 0.2) is 24.3 Å². The van der Waals surface area contributed by atoms with Gasteiger partial charge in [0.25, 0.3) is 0 Å². The van der Waals surface area contributed by atoms with E-state index >= 15 is 0 Å². The van der Waals surface area contributed by atoms with Crippen molar-refractivity contribution < 1.29 is 4.79 Å². The van der Waals surface area contributed by atoms with Gasteiger partial charge in [-0.15, -0.1) is 0 Å². The minimum atomic E-state index is 0.0364. The van der Waals surface area contributed by atoms with Crippen LogP contribution in [0.5, 0.6) is 0 Å². The number of carbonyl (C=O) groups is 1. The van der Waals surface area contributed by atoms with Crippen LogP contribution in [0.3, 0.4) is 0 Å². The van der Waals surface area contributed by atoms with E-state index in [1.165, 1.54) is 0 Å². The molecule has 2 aromatic rings. The van der Waals surface area contributed by atoms with Gasteiger partial charge in [0.1, 0.15) is 0 Å². The summed E-state index contributed by atoms with van der Waals surface area (Å²) < 4.78 is 0. The molecule has 0 fully saturated rings. The number of aromatic nitrogens is 2. The van der Waals surface area contributed by atoms with Gasteiger partial charge in [-0.3, -0.25) is 9.89 Å². The van der Waals surface area contributed by atoms with Crippen molar-refractivity contribution in [1.29, 1.82) is 0 Å². The van der Waals surface area contributed by atoms with E-state index in [0.717, 1.165) is 28.1 Å². The van der Waals surface area contributed by atoms with Crippen LogP contribution in [0.2, 0.25) is 0 Å². The Bertz CT molecular complexity index is 567. The largest absolute Gasteiger partial charge is 0.352 e. The average Bonchev–Trinajstić information content (AvgIpc) is 2.70. The van der Waals surface area contributed by atoms with E-state index in [1.54, 1.807) is 0 Å². The number of aromatic amines is 1. The molecule has 0 unspecified atom stereocenters. The predicted molar refractivity (Wildman–Crippen MR) is 74.8 cm³/mol. The van der Waals surface area contributed by atoms with Crippen molar-refractivity contribution in [3.8, 4) is 0 Å². The minimum Gasteiger partial charge on any atom is -0.352 e. The van der Waals surface area contributed by atoms with Crippen LogP contribution < -0.4 is 5.32 Å². The lowest BCUT2D eigenvalue weighted by molar-refractivity contribution is -0.120. The van der Waals surface area contributed by atoms with Gasteiger partial charge in [-0.25, -0.2) is 0 Å². The first kappa shape index (κ1) is 13.3. The summed E-state index contributed by atoms with van der Waals surface area (Å²) >= 11 is 0. The van der Waals surface area contributed by atoms with Crippen molar-refractivity contribution in [2.75, 3.05) is 0 Å². The molecule has 0 aliphatic heterocycles. The Morgan fingerprint density at radius 1 is 1.26 bits per heavy atom. The topological polar surface area (TPSA) is 57.8 Å². The molecule has 0 saturated carbocycles. The van der Waals surface area contributed by atoms with Crippen molar-refractivity contribution in [3.05, 3.63) is 52.3 Å². The van der Waals surface area contributed by atoms with Gasteiger partial charge < -0.3 is 5.32 Å². The maximum atomic E-state index is 11.9. The lowest BCUT2D eigenvalue weighted by atomic mass is 10.1. The molecule has 2 N–H and O–H groups in total. The van der Waals surface area contributed by atoms with Gasteiger partial charge in [0.05, 0.1) is 12.1 Å². The first-order valence-electron chi connectivity index (χ1n) is 6.39. The summed E-state index contributed by atoms with van der Waals surface area (Å²) in [4.78, 5) is 11.9. The third-order valence-electron chi connectivity index (χ3n) is 3.36. The third kappa shape index (κ3) is 3.22. The molecular weight excluding hydrogens is 238 g/mol. The Balaban J connectivity index is 1.94. The molecule has 100 valence electrons. The fourth-order valence-electron chi connectivity index (χ4n) is 2.07. The van der Waals surface area contributed by atoms with Crippen LogP contribution in [0.25, 0.3) is 0 Å². The normalized spacial score (nSPS) is 10.5. The van der Waals surface area contributed by atoms with Gasteiger partial charge in [0.2, 0.25) is 5.91 Å². The molecule has 19 heavy (non-hydrogen) atoms. The molecule has 0 radical (unpaired) electrons. The molecular formula is C15H19N3O. The second-order valence-corrected chi connectivity index (χ2v) is 4.79. The first-order valence-corrected chi connectivity index (χ1v) is 6.39. The van der Waals surface area contributed by atoms with Gasteiger partial charge in [0, 0.05) is 17.8 Å². The summed E-state index contributed by atoms with van der Waals surface area (Å²) in [6, 6.07) is 7.95. The lowest BCUT2D eigenvalue weighted by Crippen LogP contribution is -2.25. The maximum absolute atomic E-state index is 11.9. The standard InChI is InChI=1S/C15H19N3O/c1-10-6-4-5-7-13(10)8-15(19)16-9-14-11(2)17-18-12(14)3/h4-7H,8-9H2,1-3H3,(H,16,19)(H,17,18). The van der Waals surface area contributed by atoms with E-state index in [1.807, 2.05) is 45.0 Å². The van der Waals surface area contributed by atoms with Crippen LogP contribution in [-0.4, -0.2) is 16.1 Å². The van der Waals surface area contributed by atoms with Crippen LogP contribution >= 0.6 is 0 Å². The monoisotopic (exact) mass is 257 g/mol. The highest BCUT2D eigenvalue weighted by molar-refractivity contribution is 5.78. The molecule has 4 heteroatoms. The van der Waals surface area contributed by atoms with Crippen LogP contribution in [0.4, 0.5) is 0 Å². The summed E-state index contributed by atoms with van der Waals surface area (Å²) in [7, 11) is 0. The average molecular weight is 257 g/mol. The zero-order valence-corrected chi connectivity index (χ0v) is 11.6. The fourth-order valence-corrected chi connectivity index (χ4v) is 2.07. The summed E-state index contributed by atoms with van der Waals surface area (Å²) in [5.41, 5.74) is 5.23. The zero-order valence-electron chi connectivity index (χ0n) is 11.6. The van der Waals surface area contributed by atoms with Gasteiger partial charge in [-0.2, -0.15) is 5.10 Å². The van der Waals surface area contributed by atoms with Crippen molar-refractivity contribution in [3.63, 3.8) is 0 Å². The van der Waals surface area contributed by atoms with Gasteiger partial charge >= 0.3 is 0 Å². The van der Waals surface area contributed by atoms with Gasteiger partial charge in [-0.1, -0.05) is 24.3 Å². The number of hydrogen-bond donors (Lipinski definition) is 2. The van der Waals surface area contributed by atoms with Crippen molar-refractivity contribution in [1.82, 2.24) is 15.5 Å². The summed E-state index contributed by atoms with van der Waals surface area (Å²) in [5.74, 6) is 0.0364. The van der Waals surface area contributed by atoms with E-state index < -0.39 is 0 Å². The van der Waals surface area contributed by atoms with Crippen molar-refractivity contribution >= 4 is 5.91 Å².